The molecule has 0 saturated carbocycles. The number of benzene rings is 1. The largest absolute Gasteiger partial charge is 0.755 e. The first-order chi connectivity index (χ1) is 11.0. The van der Waals surface area contributed by atoms with Crippen molar-refractivity contribution in [3.05, 3.63) is 40.7 Å². The summed E-state index contributed by atoms with van der Waals surface area (Å²) in [5.41, 5.74) is 0.409. The van der Waals surface area contributed by atoms with Gasteiger partial charge in [-0.25, -0.2) is 9.18 Å². The van der Waals surface area contributed by atoms with E-state index in [9.17, 15) is 17.9 Å². The summed E-state index contributed by atoms with van der Waals surface area (Å²) in [6.07, 6.45) is 3.52. The van der Waals surface area contributed by atoms with Gasteiger partial charge in [-0.1, -0.05) is 17.7 Å². The summed E-state index contributed by atoms with van der Waals surface area (Å²) in [7, 11) is 0. The lowest BCUT2D eigenvalue weighted by molar-refractivity contribution is -0.138. The minimum atomic E-state index is -2.68. The molecule has 126 valence electrons. The molecule has 0 spiro atoms. The maximum atomic E-state index is 13.2. The Balaban J connectivity index is 2.43. The van der Waals surface area contributed by atoms with Crippen LogP contribution in [0, 0.1) is 5.82 Å². The molecule has 0 bridgehead atoms. The molecule has 1 aromatic rings. The van der Waals surface area contributed by atoms with E-state index in [2.05, 4.69) is 0 Å². The smallest absolute Gasteiger partial charge is 0.335 e. The van der Waals surface area contributed by atoms with Crippen molar-refractivity contribution < 1.29 is 22.7 Å². The molecule has 0 N–H and O–H groups in total. The molecule has 2 rings (SSSR count). The zero-order valence-corrected chi connectivity index (χ0v) is 14.0. The molecule has 0 saturated heterocycles. The fourth-order valence-corrected chi connectivity index (χ4v) is 3.60. The van der Waals surface area contributed by atoms with Crippen LogP contribution < -0.4 is 4.31 Å². The van der Waals surface area contributed by atoms with Crippen molar-refractivity contribution in [1.82, 2.24) is 0 Å². The number of allylic oxidation sites excluding steroid dienone is 1. The molecule has 1 aliphatic carbocycles. The first kappa shape index (κ1) is 17.9. The molecule has 1 aliphatic rings. The lowest BCUT2D eigenvalue weighted by atomic mass is 9.93. The lowest BCUT2D eigenvalue weighted by Gasteiger charge is -2.37. The minimum absolute atomic E-state index is 0.0389. The highest BCUT2D eigenvalue weighted by atomic mass is 35.5. The first-order valence-electron chi connectivity index (χ1n) is 7.16. The molecule has 8 heteroatoms. The van der Waals surface area contributed by atoms with Gasteiger partial charge in [0.1, 0.15) is 5.82 Å². The maximum Gasteiger partial charge on any atom is 0.335 e. The average Bonchev–Trinajstić information content (AvgIpc) is 2.50. The van der Waals surface area contributed by atoms with Crippen LogP contribution in [0.15, 0.2) is 29.8 Å². The van der Waals surface area contributed by atoms with E-state index in [1.54, 1.807) is 13.0 Å². The predicted octanol–water partition coefficient (Wildman–Crippen LogP) is 3.12. The van der Waals surface area contributed by atoms with Gasteiger partial charge in [-0.3, -0.25) is 8.51 Å². The van der Waals surface area contributed by atoms with Crippen LogP contribution >= 0.6 is 11.6 Å². The molecule has 2 unspecified atom stereocenters. The predicted molar refractivity (Wildman–Crippen MR) is 85.2 cm³/mol. The molecule has 0 amide bonds. The van der Waals surface area contributed by atoms with E-state index in [0.29, 0.717) is 12.8 Å². The van der Waals surface area contributed by atoms with Crippen LogP contribution in [0.2, 0.25) is 5.02 Å². The Bertz CT molecular complexity index is 652. The van der Waals surface area contributed by atoms with Crippen molar-refractivity contribution in [2.75, 3.05) is 10.9 Å². The van der Waals surface area contributed by atoms with Crippen LogP contribution in [0.4, 0.5) is 10.1 Å². The third kappa shape index (κ3) is 4.10. The number of halogens is 2. The number of nitrogens with zero attached hydrogens (tertiary/aromatic N) is 1. The zero-order chi connectivity index (χ0) is 17.0. The number of hydrogen-bond donors (Lipinski definition) is 0. The third-order valence-electron chi connectivity index (χ3n) is 3.51. The van der Waals surface area contributed by atoms with Gasteiger partial charge in [-0.15, -0.1) is 0 Å². The van der Waals surface area contributed by atoms with Gasteiger partial charge in [-0.2, -0.15) is 0 Å². The third-order valence-corrected chi connectivity index (χ3v) is 4.58. The first-order valence-corrected chi connectivity index (χ1v) is 8.57. The van der Waals surface area contributed by atoms with Crippen LogP contribution in [0.25, 0.3) is 0 Å². The Morgan fingerprint density at radius 3 is 2.91 bits per heavy atom. The Hall–Kier alpha value is -1.44. The molecule has 2 atom stereocenters. The second-order valence-electron chi connectivity index (χ2n) is 4.97. The normalized spacial score (nSPS) is 19.0. The van der Waals surface area contributed by atoms with Crippen LogP contribution in [-0.4, -0.2) is 27.4 Å². The van der Waals surface area contributed by atoms with Crippen molar-refractivity contribution in [3.63, 3.8) is 0 Å². The summed E-state index contributed by atoms with van der Waals surface area (Å²) in [5, 5.41) is -0.0389. The van der Waals surface area contributed by atoms with Gasteiger partial charge in [0.25, 0.3) is 0 Å². The van der Waals surface area contributed by atoms with Crippen molar-refractivity contribution >= 4 is 34.5 Å². The Kier molecular flexibility index (Phi) is 6.15. The van der Waals surface area contributed by atoms with E-state index >= 15 is 0 Å². The summed E-state index contributed by atoms with van der Waals surface area (Å²) < 4.78 is 42.7. The molecule has 1 aromatic carbocycles. The zero-order valence-electron chi connectivity index (χ0n) is 12.5. The van der Waals surface area contributed by atoms with Gasteiger partial charge in [0.15, 0.2) is 0 Å². The number of esters is 1. The highest BCUT2D eigenvalue weighted by Crippen LogP contribution is 2.34. The average molecular weight is 361 g/mol. The minimum Gasteiger partial charge on any atom is -0.755 e. The second-order valence-corrected chi connectivity index (χ2v) is 6.20. The van der Waals surface area contributed by atoms with Crippen molar-refractivity contribution in [3.8, 4) is 0 Å². The summed E-state index contributed by atoms with van der Waals surface area (Å²) in [4.78, 5) is 12.1. The quantitative estimate of drug-likeness (QED) is 0.597. The number of ether oxygens (including phenoxy) is 1. The van der Waals surface area contributed by atoms with Gasteiger partial charge in [0, 0.05) is 11.3 Å². The summed E-state index contributed by atoms with van der Waals surface area (Å²) in [5.74, 6) is -1.12. The maximum absolute atomic E-state index is 13.2. The summed E-state index contributed by atoms with van der Waals surface area (Å²) in [6, 6.07) is 2.72. The summed E-state index contributed by atoms with van der Waals surface area (Å²) in [6.45, 7) is 1.87. The van der Waals surface area contributed by atoms with E-state index in [4.69, 9.17) is 16.3 Å². The molecule has 0 radical (unpaired) electrons. The van der Waals surface area contributed by atoms with Crippen LogP contribution in [0.5, 0.6) is 0 Å². The number of carbonyl (C=O) groups is 1. The standard InChI is InChI=1S/C15H17ClFNO4S/c1-2-22-15(19)11-5-3-4-6-13(11)18(23(20)21)14-8-7-10(17)9-12(14)16/h5,7-9,13H,2-4,6H2,1H3,(H,20,21)/p-1. The molecule has 0 heterocycles. The summed E-state index contributed by atoms with van der Waals surface area (Å²) >= 11 is 3.30. The number of rotatable bonds is 5. The molecular weight excluding hydrogens is 345 g/mol. The van der Waals surface area contributed by atoms with Gasteiger partial charge in [0.05, 0.1) is 28.9 Å². The van der Waals surface area contributed by atoms with E-state index in [1.165, 1.54) is 6.07 Å². The fraction of sp³-hybridized carbons (Fsp3) is 0.400. The lowest BCUT2D eigenvalue weighted by Crippen LogP contribution is -2.42. The van der Waals surface area contributed by atoms with E-state index in [-0.39, 0.29) is 22.9 Å². The van der Waals surface area contributed by atoms with E-state index in [0.717, 1.165) is 22.9 Å². The molecule has 5 nitrogen and oxygen atoms in total. The Labute approximate surface area is 141 Å². The molecule has 0 aliphatic heterocycles. The number of carbonyl (C=O) groups excluding carboxylic acids is 1. The highest BCUT2D eigenvalue weighted by Gasteiger charge is 2.31. The number of anilines is 1. The SMILES string of the molecule is CCOC(=O)C1=CCCCC1N(c1ccc(F)cc1Cl)S(=O)[O-]. The molecule has 0 aromatic heterocycles. The van der Waals surface area contributed by atoms with Crippen LogP contribution in [0.1, 0.15) is 26.2 Å². The Morgan fingerprint density at radius 1 is 1.57 bits per heavy atom. The molecule has 23 heavy (non-hydrogen) atoms. The second kappa shape index (κ2) is 7.90. The monoisotopic (exact) mass is 360 g/mol. The van der Waals surface area contributed by atoms with E-state index in [1.807, 2.05) is 0 Å². The van der Waals surface area contributed by atoms with Crippen LogP contribution in [0.3, 0.4) is 0 Å². The Morgan fingerprint density at radius 2 is 2.30 bits per heavy atom. The van der Waals surface area contributed by atoms with Crippen molar-refractivity contribution in [2.24, 2.45) is 0 Å². The fourth-order valence-electron chi connectivity index (χ4n) is 2.55. The van der Waals surface area contributed by atoms with Crippen LogP contribution in [-0.2, 0) is 20.8 Å². The number of hydrogen-bond acceptors (Lipinski definition) is 4. The van der Waals surface area contributed by atoms with Crippen molar-refractivity contribution in [1.29, 1.82) is 0 Å². The van der Waals surface area contributed by atoms with Gasteiger partial charge < -0.3 is 9.29 Å². The van der Waals surface area contributed by atoms with Gasteiger partial charge >= 0.3 is 5.97 Å². The molecule has 0 fully saturated rings. The van der Waals surface area contributed by atoms with Crippen molar-refractivity contribution in [2.45, 2.75) is 32.2 Å². The highest BCUT2D eigenvalue weighted by molar-refractivity contribution is 7.80. The van der Waals surface area contributed by atoms with Gasteiger partial charge in [-0.05, 0) is 44.4 Å². The molecular formula is C15H16ClFNO4S-. The van der Waals surface area contributed by atoms with E-state index < -0.39 is 29.1 Å². The topological polar surface area (TPSA) is 69.7 Å². The van der Waals surface area contributed by atoms with Gasteiger partial charge in [0.2, 0.25) is 0 Å².